The number of carbonyl (C=O) groups is 1. The third kappa shape index (κ3) is 5.40. The van der Waals surface area contributed by atoms with Crippen molar-refractivity contribution in [2.24, 2.45) is 13.0 Å². The molecule has 0 saturated carbocycles. The molecule has 39 heavy (non-hydrogen) atoms. The highest BCUT2D eigenvalue weighted by Gasteiger charge is 2.41. The summed E-state index contributed by atoms with van der Waals surface area (Å²) in [7, 11) is -4.36. The Balaban J connectivity index is 1.77. The lowest BCUT2D eigenvalue weighted by Gasteiger charge is -2.35. The van der Waals surface area contributed by atoms with Crippen LogP contribution in [0.5, 0.6) is 0 Å². The molecule has 3 aromatic rings. The van der Waals surface area contributed by atoms with Gasteiger partial charge in [0.1, 0.15) is 18.8 Å². The number of carbonyl (C=O) groups excluding carboxylic acids is 1. The lowest BCUT2D eigenvalue weighted by Crippen LogP contribution is -2.50. The largest absolute Gasteiger partial charge is 0.350 e. The second-order valence-electron chi connectivity index (χ2n) is 13.0. The van der Waals surface area contributed by atoms with E-state index in [0.717, 1.165) is 11.7 Å². The lowest BCUT2D eigenvalue weighted by molar-refractivity contribution is 0.0981. The Morgan fingerprint density at radius 2 is 1.82 bits per heavy atom. The highest BCUT2D eigenvalue weighted by atomic mass is 32.2. The summed E-state index contributed by atoms with van der Waals surface area (Å²) in [6.45, 7) is 20.1. The van der Waals surface area contributed by atoms with E-state index in [9.17, 15) is 13.2 Å². The first-order chi connectivity index (χ1) is 17.8. The van der Waals surface area contributed by atoms with Crippen LogP contribution in [0.1, 0.15) is 64.0 Å². The fourth-order valence-corrected chi connectivity index (χ4v) is 7.95. The molecule has 1 aliphatic rings. The fourth-order valence-electron chi connectivity index (χ4n) is 5.15. The molecule has 1 fully saturated rings. The Bertz CT molecular complexity index is 1520. The Morgan fingerprint density at radius 1 is 1.15 bits per heavy atom. The summed E-state index contributed by atoms with van der Waals surface area (Å²) in [6, 6.07) is 5.42. The van der Waals surface area contributed by atoms with Gasteiger partial charge in [0.2, 0.25) is 0 Å². The van der Waals surface area contributed by atoms with Gasteiger partial charge >= 0.3 is 0 Å². The molecule has 10 nitrogen and oxygen atoms in total. The third-order valence-corrected chi connectivity index (χ3v) is 15.0. The average Bonchev–Trinajstić information content (AvgIpc) is 3.49. The maximum absolute atomic E-state index is 13.5. The van der Waals surface area contributed by atoms with Crippen LogP contribution in [0.4, 0.5) is 5.82 Å². The van der Waals surface area contributed by atoms with E-state index in [1.807, 2.05) is 6.20 Å². The van der Waals surface area contributed by atoms with Gasteiger partial charge in [-0.15, -0.1) is 0 Å². The van der Waals surface area contributed by atoms with Crippen LogP contribution in [0, 0.1) is 12.8 Å². The van der Waals surface area contributed by atoms with Crippen molar-refractivity contribution in [3.8, 4) is 5.82 Å². The molecule has 1 N–H and O–H groups in total. The highest BCUT2D eigenvalue weighted by Crippen LogP contribution is 2.38. The Kier molecular flexibility index (Phi) is 7.12. The first kappa shape index (κ1) is 29.0. The smallest absolute Gasteiger partial charge is 0.268 e. The molecule has 1 amide bonds. The number of amides is 1. The molecule has 1 atom stereocenters. The molecule has 0 bridgehead atoms. The van der Waals surface area contributed by atoms with E-state index in [2.05, 4.69) is 75.4 Å². The summed E-state index contributed by atoms with van der Waals surface area (Å²) >= 11 is 0. The zero-order valence-electron chi connectivity index (χ0n) is 24.7. The number of aryl methyl sites for hydroxylation is 2. The normalized spacial score (nSPS) is 18.0. The van der Waals surface area contributed by atoms with E-state index in [-0.39, 0.29) is 21.0 Å². The van der Waals surface area contributed by atoms with Crippen molar-refractivity contribution in [2.75, 3.05) is 11.4 Å². The average molecular weight is 572 g/mol. The molecule has 4 rings (SSSR count). The molecule has 0 spiro atoms. The van der Waals surface area contributed by atoms with Gasteiger partial charge in [-0.3, -0.25) is 9.48 Å². The van der Waals surface area contributed by atoms with E-state index in [1.165, 1.54) is 10.9 Å². The van der Waals surface area contributed by atoms with Crippen LogP contribution in [0.2, 0.25) is 18.1 Å². The van der Waals surface area contributed by atoms with Gasteiger partial charge in [-0.1, -0.05) is 40.8 Å². The number of nitrogens with one attached hydrogen (secondary N) is 1. The zero-order chi connectivity index (χ0) is 29.1. The van der Waals surface area contributed by atoms with E-state index in [0.29, 0.717) is 29.8 Å². The van der Waals surface area contributed by atoms with Crippen LogP contribution in [0.3, 0.4) is 0 Å². The minimum absolute atomic E-state index is 0.0331. The molecule has 212 valence electrons. The summed E-state index contributed by atoms with van der Waals surface area (Å²) < 4.78 is 31.6. The van der Waals surface area contributed by atoms with Gasteiger partial charge in [-0.25, -0.2) is 22.8 Å². The van der Waals surface area contributed by atoms with Crippen molar-refractivity contribution in [3.63, 3.8) is 0 Å². The van der Waals surface area contributed by atoms with Gasteiger partial charge in [-0.05, 0) is 56.3 Å². The monoisotopic (exact) mass is 571 g/mol. The van der Waals surface area contributed by atoms with Crippen molar-refractivity contribution in [2.45, 2.75) is 83.5 Å². The van der Waals surface area contributed by atoms with Gasteiger partial charge in [0.05, 0.1) is 11.3 Å². The molecule has 0 aromatic carbocycles. The molecule has 0 radical (unpaired) electrons. The summed E-state index contributed by atoms with van der Waals surface area (Å²) in [5, 5.41) is 10.2. The van der Waals surface area contributed by atoms with Crippen molar-refractivity contribution in [1.82, 2.24) is 29.3 Å². The maximum Gasteiger partial charge on any atom is 0.268 e. The van der Waals surface area contributed by atoms with Gasteiger partial charge < -0.3 is 4.90 Å². The third-order valence-electron chi connectivity index (χ3n) is 8.26. The predicted octanol–water partition coefficient (Wildman–Crippen LogP) is 3.77. The minimum atomic E-state index is -4.13. The van der Waals surface area contributed by atoms with Crippen LogP contribution < -0.4 is 14.9 Å². The number of anilines is 1. The second-order valence-corrected chi connectivity index (χ2v) is 19.9. The van der Waals surface area contributed by atoms with Crippen molar-refractivity contribution < 1.29 is 13.2 Å². The second kappa shape index (κ2) is 9.58. The van der Waals surface area contributed by atoms with Crippen molar-refractivity contribution >= 4 is 35.1 Å². The Morgan fingerprint density at radius 3 is 2.36 bits per heavy atom. The van der Waals surface area contributed by atoms with Gasteiger partial charge in [-0.2, -0.15) is 10.2 Å². The maximum atomic E-state index is 13.5. The molecular weight excluding hydrogens is 530 g/mol. The Labute approximate surface area is 232 Å². The molecule has 1 saturated heterocycles. The first-order valence-electron chi connectivity index (χ1n) is 13.3. The molecule has 12 heteroatoms. The summed E-state index contributed by atoms with van der Waals surface area (Å²) in [6.07, 6.45) is 4.22. The molecule has 3 aromatic heterocycles. The standard InChI is InChI=1S/C27H41N7O3SSi/c1-18-15-27(6,7)33(16-18)24-20(25(35)31-38(36,37)21-17-32(8)29-19(21)2)11-12-22(28-24)34-14-13-23(30-34)39(9,10)26(3,4)5/h11-14,17-18H,15-16H2,1-10H3,(H,31,35)/t18-/m0/s1. The highest BCUT2D eigenvalue weighted by molar-refractivity contribution is 7.90. The number of rotatable bonds is 6. The summed E-state index contributed by atoms with van der Waals surface area (Å²) in [5.74, 6) is 0.678. The molecule has 0 unspecified atom stereocenters. The van der Waals surface area contributed by atoms with Crippen molar-refractivity contribution in [1.29, 1.82) is 0 Å². The molecular formula is C27H41N7O3SSi. The topological polar surface area (TPSA) is 115 Å². The van der Waals surface area contributed by atoms with Gasteiger partial charge in [0.25, 0.3) is 15.9 Å². The number of aromatic nitrogens is 5. The van der Waals surface area contributed by atoms with Crippen LogP contribution in [-0.4, -0.2) is 59.0 Å². The van der Waals surface area contributed by atoms with Gasteiger partial charge in [0, 0.05) is 36.8 Å². The number of pyridine rings is 1. The molecule has 0 aliphatic carbocycles. The fraction of sp³-hybridized carbons (Fsp3) is 0.556. The van der Waals surface area contributed by atoms with Gasteiger partial charge in [0.15, 0.2) is 5.82 Å². The SMILES string of the molecule is Cc1nn(C)cc1S(=O)(=O)NC(=O)c1ccc(-n2ccc([Si](C)(C)C(C)(C)C)n2)nc1N1C[C@@H](C)CC1(C)C. The quantitative estimate of drug-likeness (QED) is 0.448. The van der Waals surface area contributed by atoms with Crippen molar-refractivity contribution in [3.05, 3.63) is 41.9 Å². The Hall–Kier alpha value is -2.99. The number of hydrogen-bond acceptors (Lipinski definition) is 7. The number of hydrogen-bond donors (Lipinski definition) is 1. The van der Waals surface area contributed by atoms with E-state index in [4.69, 9.17) is 10.1 Å². The first-order valence-corrected chi connectivity index (χ1v) is 17.7. The predicted molar refractivity (Wildman–Crippen MR) is 156 cm³/mol. The van der Waals surface area contributed by atoms with E-state index >= 15 is 0 Å². The van der Waals surface area contributed by atoms with Crippen LogP contribution in [0.15, 0.2) is 35.5 Å². The molecule has 4 heterocycles. The van der Waals surface area contributed by atoms with Crippen LogP contribution in [0.25, 0.3) is 5.82 Å². The lowest BCUT2D eigenvalue weighted by atomic mass is 9.97. The van der Waals surface area contributed by atoms with Crippen LogP contribution in [-0.2, 0) is 17.1 Å². The number of sulfonamides is 1. The number of nitrogens with zero attached hydrogens (tertiary/aromatic N) is 6. The van der Waals surface area contributed by atoms with Crippen LogP contribution >= 0.6 is 0 Å². The van der Waals surface area contributed by atoms with E-state index in [1.54, 1.807) is 30.8 Å². The zero-order valence-corrected chi connectivity index (χ0v) is 26.5. The summed E-state index contributed by atoms with van der Waals surface area (Å²) in [5.41, 5.74) is 0.245. The van der Waals surface area contributed by atoms with E-state index < -0.39 is 24.0 Å². The minimum Gasteiger partial charge on any atom is -0.350 e. The molecule has 1 aliphatic heterocycles. The summed E-state index contributed by atoms with van der Waals surface area (Å²) in [4.78, 5) is 20.5.